The molecular weight excluding hydrogens is 347 g/mol. The summed E-state index contributed by atoms with van der Waals surface area (Å²) in [7, 11) is 0. The van der Waals surface area contributed by atoms with E-state index in [-0.39, 0.29) is 35.6 Å². The maximum Gasteiger partial charge on any atom is 0.269 e. The SMILES string of the molecule is CC(C)NC(=O)C[C@H]1CC[C@@H](CNC(=O)c2ccc(F)cn2)N1CC1CC1. The van der Waals surface area contributed by atoms with Crippen LogP contribution in [-0.2, 0) is 4.79 Å². The second kappa shape index (κ2) is 8.78. The maximum absolute atomic E-state index is 13.0. The van der Waals surface area contributed by atoms with Crippen molar-refractivity contribution in [1.82, 2.24) is 20.5 Å². The summed E-state index contributed by atoms with van der Waals surface area (Å²) in [6.07, 6.45) is 5.99. The number of aromatic nitrogens is 1. The van der Waals surface area contributed by atoms with Gasteiger partial charge >= 0.3 is 0 Å². The van der Waals surface area contributed by atoms with Crippen LogP contribution in [0.4, 0.5) is 4.39 Å². The Morgan fingerprint density at radius 3 is 2.59 bits per heavy atom. The highest BCUT2D eigenvalue weighted by Gasteiger charge is 2.38. The van der Waals surface area contributed by atoms with Crippen molar-refractivity contribution >= 4 is 11.8 Å². The highest BCUT2D eigenvalue weighted by atomic mass is 19.1. The van der Waals surface area contributed by atoms with Gasteiger partial charge in [-0.3, -0.25) is 14.5 Å². The number of halogens is 1. The van der Waals surface area contributed by atoms with Crippen LogP contribution in [-0.4, -0.2) is 52.9 Å². The molecule has 27 heavy (non-hydrogen) atoms. The van der Waals surface area contributed by atoms with Crippen molar-refractivity contribution in [3.05, 3.63) is 29.8 Å². The zero-order valence-corrected chi connectivity index (χ0v) is 16.1. The topological polar surface area (TPSA) is 74.3 Å². The van der Waals surface area contributed by atoms with Crippen molar-refractivity contribution in [2.45, 2.75) is 64.1 Å². The lowest BCUT2D eigenvalue weighted by Gasteiger charge is -2.30. The zero-order chi connectivity index (χ0) is 19.4. The molecule has 1 aromatic heterocycles. The van der Waals surface area contributed by atoms with E-state index < -0.39 is 5.82 Å². The van der Waals surface area contributed by atoms with Crippen molar-refractivity contribution in [2.75, 3.05) is 13.1 Å². The van der Waals surface area contributed by atoms with E-state index in [9.17, 15) is 14.0 Å². The first-order chi connectivity index (χ1) is 12.9. The molecule has 1 aliphatic heterocycles. The summed E-state index contributed by atoms with van der Waals surface area (Å²) in [5.41, 5.74) is 0.219. The molecule has 0 aromatic carbocycles. The van der Waals surface area contributed by atoms with Crippen LogP contribution in [0.1, 0.15) is 56.4 Å². The molecule has 1 saturated heterocycles. The van der Waals surface area contributed by atoms with Crippen LogP contribution in [0.15, 0.2) is 18.3 Å². The summed E-state index contributed by atoms with van der Waals surface area (Å²) >= 11 is 0. The Bertz CT molecular complexity index is 660. The van der Waals surface area contributed by atoms with Gasteiger partial charge in [-0.1, -0.05) is 0 Å². The minimum atomic E-state index is -0.458. The third-order valence-corrected chi connectivity index (χ3v) is 5.27. The second-order valence-electron chi connectivity index (χ2n) is 8.02. The minimum absolute atomic E-state index is 0.0935. The Balaban J connectivity index is 1.56. The lowest BCUT2D eigenvalue weighted by Crippen LogP contribution is -2.46. The fraction of sp³-hybridized carbons (Fsp3) is 0.650. The van der Waals surface area contributed by atoms with E-state index >= 15 is 0 Å². The number of carbonyl (C=O) groups excluding carboxylic acids is 2. The molecule has 0 bridgehead atoms. The largest absolute Gasteiger partial charge is 0.354 e. The first-order valence-electron chi connectivity index (χ1n) is 9.87. The third-order valence-electron chi connectivity index (χ3n) is 5.27. The van der Waals surface area contributed by atoms with Crippen LogP contribution < -0.4 is 10.6 Å². The number of carbonyl (C=O) groups is 2. The minimum Gasteiger partial charge on any atom is -0.354 e. The number of amides is 2. The highest BCUT2D eigenvalue weighted by molar-refractivity contribution is 5.92. The molecule has 3 rings (SSSR count). The molecule has 0 unspecified atom stereocenters. The van der Waals surface area contributed by atoms with Crippen LogP contribution in [0.5, 0.6) is 0 Å². The number of nitrogens with zero attached hydrogens (tertiary/aromatic N) is 2. The van der Waals surface area contributed by atoms with E-state index in [1.807, 2.05) is 13.8 Å². The van der Waals surface area contributed by atoms with E-state index in [1.165, 1.54) is 25.0 Å². The van der Waals surface area contributed by atoms with E-state index in [0.29, 0.717) is 13.0 Å². The molecule has 0 radical (unpaired) electrons. The van der Waals surface area contributed by atoms with Gasteiger partial charge in [-0.25, -0.2) is 9.37 Å². The Hall–Kier alpha value is -2.02. The number of nitrogens with one attached hydrogen (secondary N) is 2. The molecule has 0 spiro atoms. The van der Waals surface area contributed by atoms with Gasteiger partial charge in [0.1, 0.15) is 11.5 Å². The molecule has 2 aliphatic rings. The smallest absolute Gasteiger partial charge is 0.269 e. The number of likely N-dealkylation sites (tertiary alicyclic amines) is 1. The van der Waals surface area contributed by atoms with Gasteiger partial charge in [-0.15, -0.1) is 0 Å². The van der Waals surface area contributed by atoms with Crippen molar-refractivity contribution in [2.24, 2.45) is 5.92 Å². The number of hydrogen-bond acceptors (Lipinski definition) is 4. The second-order valence-corrected chi connectivity index (χ2v) is 8.02. The van der Waals surface area contributed by atoms with Crippen LogP contribution in [0.2, 0.25) is 0 Å². The fourth-order valence-electron chi connectivity index (χ4n) is 3.76. The Morgan fingerprint density at radius 2 is 1.96 bits per heavy atom. The van der Waals surface area contributed by atoms with Gasteiger partial charge in [0.15, 0.2) is 0 Å². The van der Waals surface area contributed by atoms with E-state index in [0.717, 1.165) is 31.5 Å². The molecule has 6 nitrogen and oxygen atoms in total. The lowest BCUT2D eigenvalue weighted by atomic mass is 10.1. The quantitative estimate of drug-likeness (QED) is 0.729. The molecule has 148 valence electrons. The standard InChI is InChI=1S/C20H29FN4O2/c1-13(2)24-19(26)9-16-6-7-17(25(16)12-14-3-4-14)11-23-20(27)18-8-5-15(21)10-22-18/h5,8,10,13-14,16-17H,3-4,6-7,9,11-12H2,1-2H3,(H,23,27)(H,24,26)/t16-,17+/m1/s1. The maximum atomic E-state index is 13.0. The number of rotatable bonds is 8. The monoisotopic (exact) mass is 376 g/mol. The van der Waals surface area contributed by atoms with Crippen molar-refractivity contribution in [1.29, 1.82) is 0 Å². The van der Waals surface area contributed by atoms with Gasteiger partial charge in [0.25, 0.3) is 5.91 Å². The van der Waals surface area contributed by atoms with Crippen molar-refractivity contribution in [3.63, 3.8) is 0 Å². The van der Waals surface area contributed by atoms with Crippen LogP contribution in [0.3, 0.4) is 0 Å². The predicted molar refractivity (Wildman–Crippen MR) is 101 cm³/mol. The first-order valence-corrected chi connectivity index (χ1v) is 9.87. The Kier molecular flexibility index (Phi) is 6.42. The normalized spacial score (nSPS) is 22.8. The summed E-state index contributed by atoms with van der Waals surface area (Å²) in [5.74, 6) is 0.0644. The third kappa shape index (κ3) is 5.73. The summed E-state index contributed by atoms with van der Waals surface area (Å²) in [6, 6.07) is 3.23. The predicted octanol–water partition coefficient (Wildman–Crippen LogP) is 2.11. The van der Waals surface area contributed by atoms with Gasteiger partial charge in [-0.05, 0) is 57.6 Å². The van der Waals surface area contributed by atoms with Crippen LogP contribution in [0, 0.1) is 11.7 Å². The molecule has 2 amide bonds. The van der Waals surface area contributed by atoms with Gasteiger partial charge < -0.3 is 10.6 Å². The van der Waals surface area contributed by atoms with E-state index in [2.05, 4.69) is 20.5 Å². The van der Waals surface area contributed by atoms with E-state index in [1.54, 1.807) is 0 Å². The summed E-state index contributed by atoms with van der Waals surface area (Å²) in [4.78, 5) is 30.7. The fourth-order valence-corrected chi connectivity index (χ4v) is 3.76. The molecule has 1 aliphatic carbocycles. The lowest BCUT2D eigenvalue weighted by molar-refractivity contribution is -0.122. The molecule has 1 saturated carbocycles. The Morgan fingerprint density at radius 1 is 1.22 bits per heavy atom. The molecule has 1 aromatic rings. The summed E-state index contributed by atoms with van der Waals surface area (Å²) in [5, 5.41) is 5.90. The zero-order valence-electron chi connectivity index (χ0n) is 16.1. The molecule has 2 heterocycles. The van der Waals surface area contributed by atoms with Crippen molar-refractivity contribution in [3.8, 4) is 0 Å². The molecule has 7 heteroatoms. The van der Waals surface area contributed by atoms with Crippen LogP contribution in [0.25, 0.3) is 0 Å². The summed E-state index contributed by atoms with van der Waals surface area (Å²) < 4.78 is 13.0. The van der Waals surface area contributed by atoms with Gasteiger partial charge in [0.05, 0.1) is 6.20 Å². The van der Waals surface area contributed by atoms with Gasteiger partial charge in [-0.2, -0.15) is 0 Å². The first kappa shape index (κ1) is 19.7. The number of hydrogen-bond donors (Lipinski definition) is 2. The van der Waals surface area contributed by atoms with Gasteiger partial charge in [0.2, 0.25) is 5.91 Å². The van der Waals surface area contributed by atoms with E-state index in [4.69, 9.17) is 0 Å². The Labute approximate surface area is 159 Å². The van der Waals surface area contributed by atoms with Gasteiger partial charge in [0, 0.05) is 37.6 Å². The number of pyridine rings is 1. The molecular formula is C20H29FN4O2. The molecule has 2 fully saturated rings. The highest BCUT2D eigenvalue weighted by Crippen LogP contribution is 2.35. The molecule has 2 N–H and O–H groups in total. The molecule has 2 atom stereocenters. The average Bonchev–Trinajstić information content (AvgIpc) is 3.35. The average molecular weight is 376 g/mol. The summed E-state index contributed by atoms with van der Waals surface area (Å²) in [6.45, 7) is 5.45. The van der Waals surface area contributed by atoms with Crippen LogP contribution >= 0.6 is 0 Å². The van der Waals surface area contributed by atoms with Crippen molar-refractivity contribution < 1.29 is 14.0 Å².